The van der Waals surface area contributed by atoms with Crippen molar-refractivity contribution in [2.75, 3.05) is 5.32 Å². The average Bonchev–Trinajstić information content (AvgIpc) is 2.74. The van der Waals surface area contributed by atoms with Gasteiger partial charge in [-0.05, 0) is 68.3 Å². The zero-order valence-corrected chi connectivity index (χ0v) is 17.4. The molecule has 162 valence electrons. The summed E-state index contributed by atoms with van der Waals surface area (Å²) in [6.07, 6.45) is -1.67. The van der Waals surface area contributed by atoms with E-state index >= 15 is 0 Å². The Morgan fingerprint density at radius 1 is 0.938 bits per heavy atom. The van der Waals surface area contributed by atoms with Crippen molar-refractivity contribution in [1.29, 1.82) is 0 Å². The molecular formula is C23H18F3N5O. The number of carbonyl (C=O) groups excluding carboxylic acids is 1. The third-order valence-electron chi connectivity index (χ3n) is 4.92. The molecular weight excluding hydrogens is 419 g/mol. The van der Waals surface area contributed by atoms with Crippen molar-refractivity contribution in [2.24, 2.45) is 0 Å². The number of pyridine rings is 2. The maximum atomic E-state index is 13.0. The predicted molar refractivity (Wildman–Crippen MR) is 114 cm³/mol. The molecule has 9 heteroatoms. The summed E-state index contributed by atoms with van der Waals surface area (Å²) in [5.41, 5.74) is 3.14. The molecule has 0 bridgehead atoms. The molecule has 3 aromatic heterocycles. The van der Waals surface area contributed by atoms with Crippen LogP contribution in [0.2, 0.25) is 0 Å². The summed E-state index contributed by atoms with van der Waals surface area (Å²) in [4.78, 5) is 28.8. The lowest BCUT2D eigenvalue weighted by atomic mass is 10.1. The molecule has 0 radical (unpaired) electrons. The molecule has 0 aliphatic carbocycles. The number of benzene rings is 1. The molecule has 1 aromatic carbocycles. The monoisotopic (exact) mass is 437 g/mol. The van der Waals surface area contributed by atoms with Crippen LogP contribution < -0.4 is 5.32 Å². The van der Waals surface area contributed by atoms with Gasteiger partial charge in [0.1, 0.15) is 11.2 Å². The van der Waals surface area contributed by atoms with Gasteiger partial charge in [0.25, 0.3) is 5.91 Å². The van der Waals surface area contributed by atoms with Gasteiger partial charge in [0, 0.05) is 28.7 Å². The highest BCUT2D eigenvalue weighted by molar-refractivity contribution is 6.04. The number of carbonyl (C=O) groups is 1. The van der Waals surface area contributed by atoms with Gasteiger partial charge in [-0.2, -0.15) is 13.2 Å². The van der Waals surface area contributed by atoms with Gasteiger partial charge in [0.05, 0.1) is 11.7 Å². The van der Waals surface area contributed by atoms with Crippen molar-refractivity contribution in [3.8, 4) is 11.4 Å². The standard InChI is InChI=1S/C23H18F3N5O/c1-12-8-15(4-5-17(12)30-22(32)16-6-7-27-14(3)10-16)21-28-11-18-20(31-21)13(2)9-19(29-18)23(24,25)26/h4-11H,1-3H3,(H,30,32). The maximum absolute atomic E-state index is 13.0. The van der Waals surface area contributed by atoms with E-state index in [9.17, 15) is 18.0 Å². The summed E-state index contributed by atoms with van der Waals surface area (Å²) < 4.78 is 39.0. The fraction of sp³-hybridized carbons (Fsp3) is 0.174. The number of anilines is 1. The first-order chi connectivity index (χ1) is 15.1. The Balaban J connectivity index is 1.63. The molecule has 4 aromatic rings. The van der Waals surface area contributed by atoms with E-state index in [0.717, 1.165) is 17.3 Å². The quantitative estimate of drug-likeness (QED) is 0.472. The molecule has 1 amide bonds. The van der Waals surface area contributed by atoms with E-state index in [4.69, 9.17) is 0 Å². The van der Waals surface area contributed by atoms with Crippen LogP contribution in [-0.4, -0.2) is 25.8 Å². The normalized spacial score (nSPS) is 11.6. The zero-order chi connectivity index (χ0) is 23.0. The van der Waals surface area contributed by atoms with Gasteiger partial charge in [0.15, 0.2) is 5.82 Å². The van der Waals surface area contributed by atoms with E-state index in [1.165, 1.54) is 6.20 Å². The minimum atomic E-state index is -4.54. The molecule has 0 fully saturated rings. The first kappa shape index (κ1) is 21.4. The maximum Gasteiger partial charge on any atom is 0.433 e. The highest BCUT2D eigenvalue weighted by Gasteiger charge is 2.33. The van der Waals surface area contributed by atoms with Gasteiger partial charge in [-0.1, -0.05) is 0 Å². The summed E-state index contributed by atoms with van der Waals surface area (Å²) in [5.74, 6) is 0.100. The lowest BCUT2D eigenvalue weighted by Crippen LogP contribution is -2.13. The molecule has 1 N–H and O–H groups in total. The second kappa shape index (κ2) is 7.99. The molecule has 0 saturated heterocycles. The van der Waals surface area contributed by atoms with E-state index < -0.39 is 11.9 Å². The smallest absolute Gasteiger partial charge is 0.322 e. The lowest BCUT2D eigenvalue weighted by molar-refractivity contribution is -0.141. The van der Waals surface area contributed by atoms with Crippen LogP contribution in [0.25, 0.3) is 22.4 Å². The largest absolute Gasteiger partial charge is 0.433 e. The summed E-state index contributed by atoms with van der Waals surface area (Å²) in [7, 11) is 0. The number of halogens is 3. The Labute approximate surface area is 181 Å². The summed E-state index contributed by atoms with van der Waals surface area (Å²) in [5, 5.41) is 2.87. The van der Waals surface area contributed by atoms with Crippen LogP contribution >= 0.6 is 0 Å². The Bertz CT molecular complexity index is 1350. The Kier molecular flexibility index (Phi) is 5.33. The van der Waals surface area contributed by atoms with Crippen LogP contribution in [-0.2, 0) is 6.18 Å². The van der Waals surface area contributed by atoms with Crippen molar-refractivity contribution in [3.63, 3.8) is 0 Å². The number of rotatable bonds is 3. The van der Waals surface area contributed by atoms with Crippen LogP contribution in [0.15, 0.2) is 48.8 Å². The van der Waals surface area contributed by atoms with Crippen LogP contribution in [0.5, 0.6) is 0 Å². The van der Waals surface area contributed by atoms with E-state index in [0.29, 0.717) is 33.7 Å². The molecule has 0 aliphatic heterocycles. The summed E-state index contributed by atoms with van der Waals surface area (Å²) in [6.45, 7) is 5.20. The van der Waals surface area contributed by atoms with E-state index in [2.05, 4.69) is 25.3 Å². The third kappa shape index (κ3) is 4.27. The highest BCUT2D eigenvalue weighted by Crippen LogP contribution is 2.31. The molecule has 32 heavy (non-hydrogen) atoms. The molecule has 0 atom stereocenters. The van der Waals surface area contributed by atoms with E-state index in [-0.39, 0.29) is 11.4 Å². The van der Waals surface area contributed by atoms with Gasteiger partial charge < -0.3 is 5.32 Å². The van der Waals surface area contributed by atoms with Crippen molar-refractivity contribution in [2.45, 2.75) is 26.9 Å². The first-order valence-electron chi connectivity index (χ1n) is 9.68. The fourth-order valence-electron chi connectivity index (χ4n) is 3.29. The van der Waals surface area contributed by atoms with Crippen LogP contribution in [0.1, 0.15) is 32.9 Å². The van der Waals surface area contributed by atoms with Crippen molar-refractivity contribution < 1.29 is 18.0 Å². The van der Waals surface area contributed by atoms with E-state index in [1.54, 1.807) is 43.5 Å². The molecule has 0 spiro atoms. The number of nitrogens with one attached hydrogen (secondary N) is 1. The zero-order valence-electron chi connectivity index (χ0n) is 17.4. The summed E-state index contributed by atoms with van der Waals surface area (Å²) >= 11 is 0. The third-order valence-corrected chi connectivity index (χ3v) is 4.92. The number of aromatic nitrogens is 4. The topological polar surface area (TPSA) is 80.7 Å². The molecule has 3 heterocycles. The number of aryl methyl sites for hydroxylation is 3. The van der Waals surface area contributed by atoms with Crippen LogP contribution in [0.3, 0.4) is 0 Å². The number of fused-ring (bicyclic) bond motifs is 1. The van der Waals surface area contributed by atoms with Gasteiger partial charge in [-0.15, -0.1) is 0 Å². The second-order valence-electron chi connectivity index (χ2n) is 7.42. The van der Waals surface area contributed by atoms with Crippen LogP contribution in [0.4, 0.5) is 18.9 Å². The van der Waals surface area contributed by atoms with Crippen molar-refractivity contribution in [1.82, 2.24) is 19.9 Å². The SMILES string of the molecule is Cc1cc(C(=O)Nc2ccc(-c3ncc4nc(C(F)(F)F)cc(C)c4n3)cc2C)ccn1. The average molecular weight is 437 g/mol. The fourth-order valence-corrected chi connectivity index (χ4v) is 3.29. The van der Waals surface area contributed by atoms with Gasteiger partial charge in [0.2, 0.25) is 0 Å². The van der Waals surface area contributed by atoms with Crippen molar-refractivity contribution in [3.05, 3.63) is 76.9 Å². The molecule has 6 nitrogen and oxygen atoms in total. The van der Waals surface area contributed by atoms with E-state index in [1.807, 2.05) is 13.8 Å². The number of amides is 1. The molecule has 0 aliphatic rings. The number of hydrogen-bond donors (Lipinski definition) is 1. The Morgan fingerprint density at radius 3 is 2.41 bits per heavy atom. The minimum absolute atomic E-state index is 0.0781. The number of nitrogens with zero attached hydrogens (tertiary/aromatic N) is 4. The molecule has 4 rings (SSSR count). The summed E-state index contributed by atoms with van der Waals surface area (Å²) in [6, 6.07) is 9.60. The Hall–Kier alpha value is -3.88. The number of alkyl halides is 3. The molecule has 0 unspecified atom stereocenters. The first-order valence-corrected chi connectivity index (χ1v) is 9.68. The van der Waals surface area contributed by atoms with Crippen molar-refractivity contribution >= 4 is 22.6 Å². The molecule has 0 saturated carbocycles. The second-order valence-corrected chi connectivity index (χ2v) is 7.42. The van der Waals surface area contributed by atoms with Gasteiger partial charge in [-0.25, -0.2) is 15.0 Å². The highest BCUT2D eigenvalue weighted by atomic mass is 19.4. The Morgan fingerprint density at radius 2 is 1.72 bits per heavy atom. The van der Waals surface area contributed by atoms with Crippen LogP contribution in [0, 0.1) is 20.8 Å². The predicted octanol–water partition coefficient (Wildman–Crippen LogP) is 5.28. The number of hydrogen-bond acceptors (Lipinski definition) is 5. The van der Waals surface area contributed by atoms with Gasteiger partial charge in [-0.3, -0.25) is 9.78 Å². The minimum Gasteiger partial charge on any atom is -0.322 e. The van der Waals surface area contributed by atoms with Gasteiger partial charge >= 0.3 is 6.18 Å². The lowest BCUT2D eigenvalue weighted by Gasteiger charge is -2.12.